The summed E-state index contributed by atoms with van der Waals surface area (Å²) in [5, 5.41) is 6.81. The van der Waals surface area contributed by atoms with Crippen LogP contribution in [0.1, 0.15) is 32.8 Å². The molecule has 0 spiro atoms. The third kappa shape index (κ3) is 7.21. The number of likely N-dealkylation sites (N-methyl/N-ethyl adjacent to an activating group) is 1. The first kappa shape index (κ1) is 20.3. The number of nitrogens with zero attached hydrogens (tertiary/aromatic N) is 2. The lowest BCUT2D eigenvalue weighted by atomic mass is 10.0. The standard InChI is InChI=1S/C19H34N4O/c1-7-24-18-11-9-8-10-16(18)13-21-19(20-4)22-14-17(23(5)6)12-15(2)3/h8-11,15,17H,7,12-14H2,1-6H3,(H2,20,21,22). The second-order valence-electron chi connectivity index (χ2n) is 6.59. The second kappa shape index (κ2) is 10.9. The molecule has 2 N–H and O–H groups in total. The van der Waals surface area contributed by atoms with Crippen LogP contribution in [-0.4, -0.2) is 51.2 Å². The van der Waals surface area contributed by atoms with Crippen LogP contribution in [0.2, 0.25) is 0 Å². The zero-order valence-corrected chi connectivity index (χ0v) is 16.1. The van der Waals surface area contributed by atoms with E-state index in [0.29, 0.717) is 25.1 Å². The first-order valence-corrected chi connectivity index (χ1v) is 8.79. The summed E-state index contributed by atoms with van der Waals surface area (Å²) in [6.07, 6.45) is 1.16. The molecular weight excluding hydrogens is 300 g/mol. The molecule has 0 fully saturated rings. The number of aliphatic imine (C=N–C) groups is 1. The van der Waals surface area contributed by atoms with E-state index < -0.39 is 0 Å². The Labute approximate surface area is 147 Å². The van der Waals surface area contributed by atoms with Gasteiger partial charge in [-0.15, -0.1) is 0 Å². The lowest BCUT2D eigenvalue weighted by Gasteiger charge is -2.27. The average Bonchev–Trinajstić information content (AvgIpc) is 2.54. The number of rotatable bonds is 9. The molecule has 5 heteroatoms. The molecule has 0 amide bonds. The first-order chi connectivity index (χ1) is 11.5. The van der Waals surface area contributed by atoms with Gasteiger partial charge in [-0.2, -0.15) is 0 Å². The molecule has 0 heterocycles. The Morgan fingerprint density at radius 1 is 1.21 bits per heavy atom. The average molecular weight is 335 g/mol. The van der Waals surface area contributed by atoms with Crippen LogP contribution in [0.3, 0.4) is 0 Å². The van der Waals surface area contributed by atoms with Gasteiger partial charge in [0, 0.05) is 31.7 Å². The molecule has 0 saturated carbocycles. The Kier molecular flexibility index (Phi) is 9.23. The molecule has 0 aliphatic heterocycles. The SMILES string of the molecule is CCOc1ccccc1CNC(=NC)NCC(CC(C)C)N(C)C. The first-order valence-electron chi connectivity index (χ1n) is 8.79. The summed E-state index contributed by atoms with van der Waals surface area (Å²) in [6, 6.07) is 8.59. The van der Waals surface area contributed by atoms with Crippen LogP contribution < -0.4 is 15.4 Å². The molecule has 1 unspecified atom stereocenters. The van der Waals surface area contributed by atoms with Crippen molar-refractivity contribution in [1.29, 1.82) is 0 Å². The smallest absolute Gasteiger partial charge is 0.191 e. The highest BCUT2D eigenvalue weighted by Gasteiger charge is 2.14. The maximum Gasteiger partial charge on any atom is 0.191 e. The summed E-state index contributed by atoms with van der Waals surface area (Å²) in [5.74, 6) is 2.41. The minimum atomic E-state index is 0.485. The molecule has 5 nitrogen and oxygen atoms in total. The minimum Gasteiger partial charge on any atom is -0.494 e. The molecule has 1 aromatic rings. The molecule has 0 aliphatic carbocycles. The lowest BCUT2D eigenvalue weighted by Crippen LogP contribution is -2.45. The van der Waals surface area contributed by atoms with Crippen molar-refractivity contribution >= 4 is 5.96 Å². The maximum atomic E-state index is 5.67. The van der Waals surface area contributed by atoms with Crippen molar-refractivity contribution in [1.82, 2.24) is 15.5 Å². The molecule has 136 valence electrons. The fourth-order valence-electron chi connectivity index (χ4n) is 2.58. The topological polar surface area (TPSA) is 48.9 Å². The summed E-state index contributed by atoms with van der Waals surface area (Å²) in [5.41, 5.74) is 1.13. The van der Waals surface area contributed by atoms with E-state index in [9.17, 15) is 0 Å². The van der Waals surface area contributed by atoms with Crippen LogP contribution in [0.4, 0.5) is 0 Å². The highest BCUT2D eigenvalue weighted by molar-refractivity contribution is 5.79. The fourth-order valence-corrected chi connectivity index (χ4v) is 2.58. The van der Waals surface area contributed by atoms with Crippen molar-refractivity contribution in [2.45, 2.75) is 39.8 Å². The van der Waals surface area contributed by atoms with Gasteiger partial charge in [-0.05, 0) is 39.4 Å². The van der Waals surface area contributed by atoms with Crippen molar-refractivity contribution in [3.8, 4) is 5.75 Å². The van der Waals surface area contributed by atoms with E-state index in [1.807, 2.05) is 25.1 Å². The summed E-state index contributed by atoms with van der Waals surface area (Å²) in [7, 11) is 6.06. The number of para-hydroxylation sites is 1. The fraction of sp³-hybridized carbons (Fsp3) is 0.632. The molecule has 1 atom stereocenters. The minimum absolute atomic E-state index is 0.485. The molecule has 0 saturated heterocycles. The number of ether oxygens (including phenoxy) is 1. The second-order valence-corrected chi connectivity index (χ2v) is 6.59. The van der Waals surface area contributed by atoms with Crippen molar-refractivity contribution in [2.24, 2.45) is 10.9 Å². The van der Waals surface area contributed by atoms with E-state index in [1.54, 1.807) is 7.05 Å². The van der Waals surface area contributed by atoms with E-state index in [4.69, 9.17) is 4.74 Å². The van der Waals surface area contributed by atoms with Crippen LogP contribution >= 0.6 is 0 Å². The molecule has 0 aromatic heterocycles. The third-order valence-electron chi connectivity index (χ3n) is 3.92. The van der Waals surface area contributed by atoms with Crippen LogP contribution in [0.25, 0.3) is 0 Å². The van der Waals surface area contributed by atoms with Crippen LogP contribution in [0, 0.1) is 5.92 Å². The van der Waals surface area contributed by atoms with Gasteiger partial charge in [0.15, 0.2) is 5.96 Å². The molecule has 1 aromatic carbocycles. The Morgan fingerprint density at radius 3 is 2.50 bits per heavy atom. The van der Waals surface area contributed by atoms with Gasteiger partial charge in [-0.25, -0.2) is 0 Å². The normalized spacial score (nSPS) is 13.2. The van der Waals surface area contributed by atoms with Crippen molar-refractivity contribution in [3.05, 3.63) is 29.8 Å². The van der Waals surface area contributed by atoms with E-state index >= 15 is 0 Å². The molecule has 1 rings (SSSR count). The number of hydrogen-bond acceptors (Lipinski definition) is 3. The third-order valence-corrected chi connectivity index (χ3v) is 3.92. The Bertz CT molecular complexity index is 500. The van der Waals surface area contributed by atoms with Gasteiger partial charge >= 0.3 is 0 Å². The Morgan fingerprint density at radius 2 is 1.92 bits per heavy atom. The highest BCUT2D eigenvalue weighted by atomic mass is 16.5. The summed E-state index contributed by atoms with van der Waals surface area (Å²) in [6.45, 7) is 8.75. The highest BCUT2D eigenvalue weighted by Crippen LogP contribution is 2.17. The molecule has 0 bridgehead atoms. The lowest BCUT2D eigenvalue weighted by molar-refractivity contribution is 0.254. The van der Waals surface area contributed by atoms with Gasteiger partial charge in [0.05, 0.1) is 6.61 Å². The monoisotopic (exact) mass is 334 g/mol. The molecule has 0 radical (unpaired) electrons. The number of hydrogen-bond donors (Lipinski definition) is 2. The predicted molar refractivity (Wildman–Crippen MR) is 103 cm³/mol. The maximum absolute atomic E-state index is 5.67. The van der Waals surface area contributed by atoms with Gasteiger partial charge in [0.25, 0.3) is 0 Å². The van der Waals surface area contributed by atoms with Gasteiger partial charge < -0.3 is 20.3 Å². The van der Waals surface area contributed by atoms with Gasteiger partial charge in [-0.3, -0.25) is 4.99 Å². The van der Waals surface area contributed by atoms with Gasteiger partial charge in [0.2, 0.25) is 0 Å². The Hall–Kier alpha value is -1.75. The van der Waals surface area contributed by atoms with E-state index in [2.05, 4.69) is 54.5 Å². The number of nitrogens with one attached hydrogen (secondary N) is 2. The summed E-state index contributed by atoms with van der Waals surface area (Å²) >= 11 is 0. The Balaban J connectivity index is 2.56. The van der Waals surface area contributed by atoms with Crippen molar-refractivity contribution in [3.63, 3.8) is 0 Å². The van der Waals surface area contributed by atoms with Gasteiger partial charge in [0.1, 0.15) is 5.75 Å². The van der Waals surface area contributed by atoms with Gasteiger partial charge in [-0.1, -0.05) is 32.0 Å². The van der Waals surface area contributed by atoms with E-state index in [0.717, 1.165) is 30.2 Å². The van der Waals surface area contributed by atoms with E-state index in [1.165, 1.54) is 0 Å². The zero-order chi connectivity index (χ0) is 17.9. The van der Waals surface area contributed by atoms with Crippen LogP contribution in [0.15, 0.2) is 29.3 Å². The quantitative estimate of drug-likeness (QED) is 0.538. The van der Waals surface area contributed by atoms with Crippen LogP contribution in [-0.2, 0) is 6.54 Å². The largest absolute Gasteiger partial charge is 0.494 e. The van der Waals surface area contributed by atoms with Crippen molar-refractivity contribution < 1.29 is 4.74 Å². The number of benzene rings is 1. The molecular formula is C19H34N4O. The van der Waals surface area contributed by atoms with Crippen LogP contribution in [0.5, 0.6) is 5.75 Å². The molecule has 0 aliphatic rings. The zero-order valence-electron chi connectivity index (χ0n) is 16.1. The number of guanidine groups is 1. The molecule has 24 heavy (non-hydrogen) atoms. The van der Waals surface area contributed by atoms with Crippen molar-refractivity contribution in [2.75, 3.05) is 34.3 Å². The van der Waals surface area contributed by atoms with E-state index in [-0.39, 0.29) is 0 Å². The summed E-state index contributed by atoms with van der Waals surface area (Å²) in [4.78, 5) is 6.59. The predicted octanol–water partition coefficient (Wildman–Crippen LogP) is 2.73. The summed E-state index contributed by atoms with van der Waals surface area (Å²) < 4.78 is 5.67.